The molecule has 1 saturated heterocycles. The smallest absolute Gasteiger partial charge is 0.142 e. The van der Waals surface area contributed by atoms with E-state index in [2.05, 4.69) is 10.3 Å². The fourth-order valence-electron chi connectivity index (χ4n) is 2.03. The van der Waals surface area contributed by atoms with Crippen LogP contribution in [0.4, 0.5) is 4.39 Å². The molecule has 0 spiro atoms. The van der Waals surface area contributed by atoms with Gasteiger partial charge in [0.25, 0.3) is 0 Å². The van der Waals surface area contributed by atoms with Crippen molar-refractivity contribution in [3.05, 3.63) is 24.0 Å². The Morgan fingerprint density at radius 3 is 3.19 bits per heavy atom. The molecule has 1 aliphatic rings. The number of hydrogen-bond acceptors (Lipinski definition) is 3. The van der Waals surface area contributed by atoms with Crippen molar-refractivity contribution < 1.29 is 9.13 Å². The van der Waals surface area contributed by atoms with Crippen LogP contribution in [0.15, 0.2) is 18.5 Å². The van der Waals surface area contributed by atoms with Crippen LogP contribution in [-0.4, -0.2) is 24.2 Å². The van der Waals surface area contributed by atoms with Crippen molar-refractivity contribution in [1.82, 2.24) is 10.3 Å². The lowest BCUT2D eigenvalue weighted by atomic mass is 10.0. The summed E-state index contributed by atoms with van der Waals surface area (Å²) in [5, 5.41) is 3.16. The largest absolute Gasteiger partial charge is 0.492 e. The van der Waals surface area contributed by atoms with Gasteiger partial charge in [-0.15, -0.1) is 0 Å². The van der Waals surface area contributed by atoms with Crippen molar-refractivity contribution in [3.63, 3.8) is 0 Å². The van der Waals surface area contributed by atoms with Crippen LogP contribution >= 0.6 is 0 Å². The number of halogens is 1. The lowest BCUT2D eigenvalue weighted by Crippen LogP contribution is -2.26. The topological polar surface area (TPSA) is 34.1 Å². The van der Waals surface area contributed by atoms with E-state index in [1.165, 1.54) is 0 Å². The van der Waals surface area contributed by atoms with Gasteiger partial charge < -0.3 is 10.1 Å². The molecule has 16 heavy (non-hydrogen) atoms. The highest BCUT2D eigenvalue weighted by Gasteiger charge is 2.26. The number of pyridine rings is 1. The molecule has 1 aliphatic heterocycles. The highest BCUT2D eigenvalue weighted by atomic mass is 19.1. The number of hydrogen-bond donors (Lipinski definition) is 1. The maximum absolute atomic E-state index is 14.1. The Kier molecular flexibility index (Phi) is 3.72. The lowest BCUT2D eigenvalue weighted by Gasteiger charge is -2.16. The molecule has 0 amide bonds. The normalized spacial score (nSPS) is 22.0. The van der Waals surface area contributed by atoms with Crippen LogP contribution in [-0.2, 0) is 0 Å². The Balaban J connectivity index is 2.09. The predicted molar refractivity (Wildman–Crippen MR) is 60.3 cm³/mol. The number of rotatable bonds is 4. The van der Waals surface area contributed by atoms with Gasteiger partial charge in [-0.05, 0) is 32.4 Å². The number of aromatic nitrogens is 1. The number of ether oxygens (including phenoxy) is 1. The SMILES string of the molecule is CCOc1cncc(C(F)C2CCCN2)c1. The molecule has 1 N–H and O–H groups in total. The minimum Gasteiger partial charge on any atom is -0.492 e. The Labute approximate surface area is 95.0 Å². The van der Waals surface area contributed by atoms with Crippen LogP contribution in [0.25, 0.3) is 0 Å². The molecule has 0 aliphatic carbocycles. The summed E-state index contributed by atoms with van der Waals surface area (Å²) in [5.41, 5.74) is 0.602. The van der Waals surface area contributed by atoms with Crippen LogP contribution in [0.3, 0.4) is 0 Å². The first-order chi connectivity index (χ1) is 7.81. The van der Waals surface area contributed by atoms with Gasteiger partial charge in [0.1, 0.15) is 11.9 Å². The third-order valence-electron chi connectivity index (χ3n) is 2.82. The monoisotopic (exact) mass is 224 g/mol. The number of nitrogens with one attached hydrogen (secondary N) is 1. The van der Waals surface area contributed by atoms with Crippen molar-refractivity contribution in [2.24, 2.45) is 0 Å². The Hall–Kier alpha value is -1.16. The fraction of sp³-hybridized carbons (Fsp3) is 0.583. The third kappa shape index (κ3) is 2.50. The molecule has 0 radical (unpaired) electrons. The van der Waals surface area contributed by atoms with Gasteiger partial charge in [0, 0.05) is 17.8 Å². The molecule has 1 aromatic heterocycles. The quantitative estimate of drug-likeness (QED) is 0.851. The van der Waals surface area contributed by atoms with Crippen LogP contribution in [0.1, 0.15) is 31.5 Å². The first kappa shape index (κ1) is 11.3. The van der Waals surface area contributed by atoms with E-state index in [0.29, 0.717) is 17.9 Å². The third-order valence-corrected chi connectivity index (χ3v) is 2.82. The Bertz CT molecular complexity index is 340. The van der Waals surface area contributed by atoms with E-state index in [0.717, 1.165) is 19.4 Å². The Morgan fingerprint density at radius 1 is 1.62 bits per heavy atom. The molecule has 88 valence electrons. The summed E-state index contributed by atoms with van der Waals surface area (Å²) in [4.78, 5) is 4.00. The van der Waals surface area contributed by atoms with Crippen molar-refractivity contribution >= 4 is 0 Å². The highest BCUT2D eigenvalue weighted by Crippen LogP contribution is 2.28. The molecule has 2 atom stereocenters. The summed E-state index contributed by atoms with van der Waals surface area (Å²) in [6.45, 7) is 3.38. The number of nitrogens with zero attached hydrogens (tertiary/aromatic N) is 1. The average Bonchev–Trinajstić information content (AvgIpc) is 2.82. The fourth-order valence-corrected chi connectivity index (χ4v) is 2.03. The van der Waals surface area contributed by atoms with Crippen molar-refractivity contribution in [2.45, 2.75) is 32.0 Å². The summed E-state index contributed by atoms with van der Waals surface area (Å²) < 4.78 is 19.4. The van der Waals surface area contributed by atoms with Crippen LogP contribution in [0, 0.1) is 0 Å². The minimum absolute atomic E-state index is 0.0707. The van der Waals surface area contributed by atoms with E-state index in [4.69, 9.17) is 4.74 Å². The first-order valence-corrected chi connectivity index (χ1v) is 5.76. The number of alkyl halides is 1. The zero-order valence-electron chi connectivity index (χ0n) is 9.45. The molecule has 0 aromatic carbocycles. The van der Waals surface area contributed by atoms with Crippen LogP contribution in [0.2, 0.25) is 0 Å². The van der Waals surface area contributed by atoms with E-state index in [9.17, 15) is 4.39 Å². The van der Waals surface area contributed by atoms with E-state index < -0.39 is 6.17 Å². The zero-order chi connectivity index (χ0) is 11.4. The minimum atomic E-state index is -0.990. The Morgan fingerprint density at radius 2 is 2.50 bits per heavy atom. The lowest BCUT2D eigenvalue weighted by molar-refractivity contribution is 0.268. The van der Waals surface area contributed by atoms with Gasteiger partial charge in [-0.2, -0.15) is 0 Å². The van der Waals surface area contributed by atoms with Gasteiger partial charge in [-0.1, -0.05) is 0 Å². The van der Waals surface area contributed by atoms with E-state index >= 15 is 0 Å². The van der Waals surface area contributed by atoms with Crippen molar-refractivity contribution in [1.29, 1.82) is 0 Å². The standard InChI is InChI=1S/C12H17FN2O/c1-2-16-10-6-9(7-14-8-10)12(13)11-4-3-5-15-11/h6-8,11-12,15H,2-5H2,1H3. The molecule has 1 fully saturated rings. The molecule has 3 nitrogen and oxygen atoms in total. The maximum atomic E-state index is 14.1. The van der Waals surface area contributed by atoms with E-state index in [1.807, 2.05) is 6.92 Å². The van der Waals surface area contributed by atoms with Crippen molar-refractivity contribution in [3.8, 4) is 5.75 Å². The van der Waals surface area contributed by atoms with E-state index in [1.54, 1.807) is 18.5 Å². The molecule has 2 unspecified atom stereocenters. The highest BCUT2D eigenvalue weighted by molar-refractivity contribution is 5.26. The molecule has 0 bridgehead atoms. The second-order valence-corrected chi connectivity index (χ2v) is 3.99. The maximum Gasteiger partial charge on any atom is 0.142 e. The van der Waals surface area contributed by atoms with Gasteiger partial charge >= 0.3 is 0 Å². The van der Waals surface area contributed by atoms with E-state index in [-0.39, 0.29) is 6.04 Å². The van der Waals surface area contributed by atoms with Gasteiger partial charge in [-0.3, -0.25) is 4.98 Å². The van der Waals surface area contributed by atoms with Gasteiger partial charge in [-0.25, -0.2) is 4.39 Å². The first-order valence-electron chi connectivity index (χ1n) is 5.76. The zero-order valence-corrected chi connectivity index (χ0v) is 9.45. The molecule has 2 rings (SSSR count). The molecular weight excluding hydrogens is 207 g/mol. The van der Waals surface area contributed by atoms with Crippen LogP contribution < -0.4 is 10.1 Å². The van der Waals surface area contributed by atoms with Gasteiger partial charge in [0.15, 0.2) is 0 Å². The summed E-state index contributed by atoms with van der Waals surface area (Å²) in [7, 11) is 0. The molecular formula is C12H17FN2O. The summed E-state index contributed by atoms with van der Waals surface area (Å²) in [5.74, 6) is 0.639. The average molecular weight is 224 g/mol. The molecule has 4 heteroatoms. The second kappa shape index (κ2) is 5.25. The second-order valence-electron chi connectivity index (χ2n) is 3.99. The molecule has 1 aromatic rings. The van der Waals surface area contributed by atoms with Gasteiger partial charge in [0.05, 0.1) is 12.8 Å². The summed E-state index contributed by atoms with van der Waals surface area (Å²) >= 11 is 0. The summed E-state index contributed by atoms with van der Waals surface area (Å²) in [6, 6.07) is 1.67. The van der Waals surface area contributed by atoms with Crippen LogP contribution in [0.5, 0.6) is 5.75 Å². The van der Waals surface area contributed by atoms with Gasteiger partial charge in [0.2, 0.25) is 0 Å². The summed E-state index contributed by atoms with van der Waals surface area (Å²) in [6.07, 6.45) is 4.13. The molecule has 2 heterocycles. The molecule has 0 saturated carbocycles. The van der Waals surface area contributed by atoms with Crippen molar-refractivity contribution in [2.75, 3.05) is 13.2 Å². The predicted octanol–water partition coefficient (Wildman–Crippen LogP) is 2.24.